The quantitative estimate of drug-likeness (QED) is 0.818. The van der Waals surface area contributed by atoms with Crippen LogP contribution < -0.4 is 5.32 Å². The van der Waals surface area contributed by atoms with Crippen molar-refractivity contribution < 1.29 is 4.79 Å². The number of hydrogen-bond acceptors (Lipinski definition) is 5. The second-order valence-corrected chi connectivity index (χ2v) is 4.52. The van der Waals surface area contributed by atoms with E-state index in [0.717, 1.165) is 11.5 Å². The van der Waals surface area contributed by atoms with Gasteiger partial charge in [-0.1, -0.05) is 0 Å². The molecule has 1 rings (SSSR count). The third-order valence-electron chi connectivity index (χ3n) is 2.47. The van der Waals surface area contributed by atoms with Gasteiger partial charge in [0.1, 0.15) is 11.6 Å². The van der Waals surface area contributed by atoms with Gasteiger partial charge in [-0.15, -0.1) is 0 Å². The van der Waals surface area contributed by atoms with Crippen molar-refractivity contribution >= 4 is 11.7 Å². The lowest BCUT2D eigenvalue weighted by Crippen LogP contribution is -2.34. The Bertz CT molecular complexity index is 419. The Morgan fingerprint density at radius 3 is 2.56 bits per heavy atom. The Kier molecular flexibility index (Phi) is 5.03. The predicted octanol–water partition coefficient (Wildman–Crippen LogP) is 0.347. The number of likely N-dealkylation sites (N-methyl/N-ethyl adjacent to an activating group) is 2. The van der Waals surface area contributed by atoms with E-state index in [0.29, 0.717) is 18.9 Å². The third-order valence-corrected chi connectivity index (χ3v) is 2.47. The molecule has 1 N–H and O–H groups in total. The van der Waals surface area contributed by atoms with Crippen LogP contribution in [0.1, 0.15) is 11.5 Å². The second kappa shape index (κ2) is 6.30. The van der Waals surface area contributed by atoms with Crippen LogP contribution in [0.25, 0.3) is 0 Å². The average Bonchev–Trinajstić information content (AvgIpc) is 2.27. The van der Waals surface area contributed by atoms with Gasteiger partial charge in [0, 0.05) is 32.9 Å². The van der Waals surface area contributed by atoms with Crippen LogP contribution in [0.4, 0.5) is 5.82 Å². The number of aromatic nitrogens is 2. The van der Waals surface area contributed by atoms with Gasteiger partial charge in [-0.2, -0.15) is 0 Å². The van der Waals surface area contributed by atoms with E-state index in [-0.39, 0.29) is 5.91 Å². The highest BCUT2D eigenvalue weighted by Gasteiger charge is 2.10. The van der Waals surface area contributed by atoms with Crippen molar-refractivity contribution in [3.8, 4) is 0 Å². The fourth-order valence-electron chi connectivity index (χ4n) is 1.50. The molecule has 18 heavy (non-hydrogen) atoms. The first kappa shape index (κ1) is 14.4. The van der Waals surface area contributed by atoms with Crippen molar-refractivity contribution in [1.29, 1.82) is 0 Å². The maximum Gasteiger partial charge on any atom is 0.236 e. The standard InChI is InChI=1S/C12H21N5O/c1-9-6-10(13-2)15-11(14-9)7-17(5)8-12(18)16(3)4/h6H,7-8H2,1-5H3,(H,13,14,15). The maximum absolute atomic E-state index is 11.6. The van der Waals surface area contributed by atoms with Crippen molar-refractivity contribution in [2.45, 2.75) is 13.5 Å². The summed E-state index contributed by atoms with van der Waals surface area (Å²) in [5, 5.41) is 3.00. The number of amides is 1. The fraction of sp³-hybridized carbons (Fsp3) is 0.583. The number of nitrogens with one attached hydrogen (secondary N) is 1. The molecule has 100 valence electrons. The molecule has 0 bridgehead atoms. The molecule has 1 heterocycles. The molecule has 1 aromatic heterocycles. The van der Waals surface area contributed by atoms with E-state index in [9.17, 15) is 4.79 Å². The van der Waals surface area contributed by atoms with Gasteiger partial charge in [0.15, 0.2) is 0 Å². The van der Waals surface area contributed by atoms with Crippen LogP contribution >= 0.6 is 0 Å². The SMILES string of the molecule is CNc1cc(C)nc(CN(C)CC(=O)N(C)C)n1. The molecular weight excluding hydrogens is 230 g/mol. The van der Waals surface area contributed by atoms with E-state index in [1.165, 1.54) is 0 Å². The topological polar surface area (TPSA) is 61.4 Å². The van der Waals surface area contributed by atoms with E-state index >= 15 is 0 Å². The van der Waals surface area contributed by atoms with Gasteiger partial charge in [-0.05, 0) is 14.0 Å². The number of rotatable bonds is 5. The number of anilines is 1. The summed E-state index contributed by atoms with van der Waals surface area (Å²) < 4.78 is 0. The normalized spacial score (nSPS) is 10.6. The van der Waals surface area contributed by atoms with Crippen molar-refractivity contribution in [1.82, 2.24) is 19.8 Å². The predicted molar refractivity (Wildman–Crippen MR) is 71.3 cm³/mol. The summed E-state index contributed by atoms with van der Waals surface area (Å²) in [6.07, 6.45) is 0. The maximum atomic E-state index is 11.6. The average molecular weight is 251 g/mol. The van der Waals surface area contributed by atoms with Crippen molar-refractivity contribution in [3.63, 3.8) is 0 Å². The molecule has 0 saturated heterocycles. The number of carbonyl (C=O) groups excluding carboxylic acids is 1. The van der Waals surface area contributed by atoms with Gasteiger partial charge in [-0.25, -0.2) is 9.97 Å². The first-order chi connectivity index (χ1) is 8.42. The summed E-state index contributed by atoms with van der Waals surface area (Å²) in [4.78, 5) is 23.8. The lowest BCUT2D eigenvalue weighted by Gasteiger charge is -2.18. The molecule has 0 atom stereocenters. The Morgan fingerprint density at radius 1 is 1.33 bits per heavy atom. The molecule has 1 amide bonds. The van der Waals surface area contributed by atoms with Crippen LogP contribution in [0.5, 0.6) is 0 Å². The van der Waals surface area contributed by atoms with Crippen LogP contribution in [0.3, 0.4) is 0 Å². The van der Waals surface area contributed by atoms with Crippen molar-refractivity contribution in [2.75, 3.05) is 40.1 Å². The Morgan fingerprint density at radius 2 is 2.00 bits per heavy atom. The summed E-state index contributed by atoms with van der Waals surface area (Å²) in [7, 11) is 7.20. The lowest BCUT2D eigenvalue weighted by atomic mass is 10.4. The Balaban J connectivity index is 2.66. The molecular formula is C12H21N5O. The zero-order valence-corrected chi connectivity index (χ0v) is 11.7. The van der Waals surface area contributed by atoms with Crippen LogP contribution in [0, 0.1) is 6.92 Å². The van der Waals surface area contributed by atoms with E-state index in [4.69, 9.17) is 0 Å². The molecule has 0 aliphatic heterocycles. The summed E-state index contributed by atoms with van der Waals surface area (Å²) in [6.45, 7) is 2.84. The van der Waals surface area contributed by atoms with Gasteiger partial charge < -0.3 is 10.2 Å². The van der Waals surface area contributed by atoms with Crippen molar-refractivity contribution in [3.05, 3.63) is 17.6 Å². The fourth-order valence-corrected chi connectivity index (χ4v) is 1.50. The lowest BCUT2D eigenvalue weighted by molar-refractivity contribution is -0.129. The summed E-state index contributed by atoms with van der Waals surface area (Å²) >= 11 is 0. The minimum atomic E-state index is 0.0685. The van der Waals surface area contributed by atoms with Crippen LogP contribution in [-0.2, 0) is 11.3 Å². The number of nitrogens with zero attached hydrogens (tertiary/aromatic N) is 4. The largest absolute Gasteiger partial charge is 0.373 e. The number of hydrogen-bond donors (Lipinski definition) is 1. The smallest absolute Gasteiger partial charge is 0.236 e. The highest BCUT2D eigenvalue weighted by atomic mass is 16.2. The molecule has 0 aliphatic rings. The minimum absolute atomic E-state index is 0.0685. The minimum Gasteiger partial charge on any atom is -0.373 e. The van der Waals surface area contributed by atoms with Gasteiger partial charge in [0.2, 0.25) is 5.91 Å². The van der Waals surface area contributed by atoms with Gasteiger partial charge >= 0.3 is 0 Å². The molecule has 0 aromatic carbocycles. The molecule has 1 aromatic rings. The number of aryl methyl sites for hydroxylation is 1. The van der Waals surface area contributed by atoms with Gasteiger partial charge in [0.05, 0.1) is 13.1 Å². The zero-order valence-electron chi connectivity index (χ0n) is 11.7. The molecule has 0 spiro atoms. The molecule has 6 heteroatoms. The first-order valence-electron chi connectivity index (χ1n) is 5.83. The number of carbonyl (C=O) groups is 1. The molecule has 0 radical (unpaired) electrons. The Hall–Kier alpha value is -1.69. The molecule has 0 unspecified atom stereocenters. The van der Waals surface area contributed by atoms with Crippen molar-refractivity contribution in [2.24, 2.45) is 0 Å². The van der Waals surface area contributed by atoms with Gasteiger partial charge in [-0.3, -0.25) is 9.69 Å². The summed E-state index contributed by atoms with van der Waals surface area (Å²) in [6, 6.07) is 1.88. The molecule has 0 aliphatic carbocycles. The van der Waals surface area contributed by atoms with Crippen LogP contribution in [-0.4, -0.2) is 60.4 Å². The first-order valence-corrected chi connectivity index (χ1v) is 5.83. The highest BCUT2D eigenvalue weighted by Crippen LogP contribution is 2.06. The summed E-state index contributed by atoms with van der Waals surface area (Å²) in [5.74, 6) is 1.58. The van der Waals surface area contributed by atoms with E-state index in [1.807, 2.05) is 32.0 Å². The molecule has 0 saturated carbocycles. The zero-order chi connectivity index (χ0) is 13.7. The molecule has 0 fully saturated rings. The summed E-state index contributed by atoms with van der Waals surface area (Å²) in [5.41, 5.74) is 0.914. The Labute approximate surface area is 108 Å². The highest BCUT2D eigenvalue weighted by molar-refractivity contribution is 5.77. The van der Waals surface area contributed by atoms with E-state index < -0.39 is 0 Å². The van der Waals surface area contributed by atoms with Crippen LogP contribution in [0.2, 0.25) is 0 Å². The van der Waals surface area contributed by atoms with Gasteiger partial charge in [0.25, 0.3) is 0 Å². The second-order valence-electron chi connectivity index (χ2n) is 4.52. The molecule has 6 nitrogen and oxygen atoms in total. The van der Waals surface area contributed by atoms with E-state index in [1.54, 1.807) is 19.0 Å². The third kappa shape index (κ3) is 4.29. The monoisotopic (exact) mass is 251 g/mol. The van der Waals surface area contributed by atoms with E-state index in [2.05, 4.69) is 15.3 Å². The van der Waals surface area contributed by atoms with Crippen LogP contribution in [0.15, 0.2) is 6.07 Å².